The molecule has 1 atom stereocenters. The van der Waals surface area contributed by atoms with Crippen LogP contribution in [0.25, 0.3) is 0 Å². The highest BCUT2D eigenvalue weighted by molar-refractivity contribution is 5.30. The van der Waals surface area contributed by atoms with E-state index in [1.54, 1.807) is 37.6 Å². The SMILES string of the molecule is Cc1cc(C(NN)c2cnccn2)ccc1F. The lowest BCUT2D eigenvalue weighted by Crippen LogP contribution is -2.29. The Kier molecular flexibility index (Phi) is 3.41. The Hall–Kier alpha value is -1.85. The van der Waals surface area contributed by atoms with E-state index in [0.29, 0.717) is 11.3 Å². The highest BCUT2D eigenvalue weighted by atomic mass is 19.1. The van der Waals surface area contributed by atoms with Gasteiger partial charge in [-0.3, -0.25) is 15.8 Å². The third kappa shape index (κ3) is 2.46. The van der Waals surface area contributed by atoms with Gasteiger partial charge in [-0.1, -0.05) is 12.1 Å². The number of nitrogens with zero attached hydrogens (tertiary/aromatic N) is 2. The summed E-state index contributed by atoms with van der Waals surface area (Å²) in [5.41, 5.74) is 4.78. The second kappa shape index (κ2) is 4.99. The van der Waals surface area contributed by atoms with Crippen molar-refractivity contribution >= 4 is 0 Å². The third-order valence-corrected chi connectivity index (χ3v) is 2.56. The summed E-state index contributed by atoms with van der Waals surface area (Å²) in [5.74, 6) is 5.28. The molecule has 88 valence electrons. The highest BCUT2D eigenvalue weighted by Gasteiger charge is 2.14. The Bertz CT molecular complexity index is 501. The highest BCUT2D eigenvalue weighted by Crippen LogP contribution is 2.20. The van der Waals surface area contributed by atoms with E-state index >= 15 is 0 Å². The van der Waals surface area contributed by atoms with E-state index in [2.05, 4.69) is 15.4 Å². The zero-order chi connectivity index (χ0) is 12.3. The first-order valence-electron chi connectivity index (χ1n) is 5.20. The molecule has 0 saturated carbocycles. The topological polar surface area (TPSA) is 63.8 Å². The maximum Gasteiger partial charge on any atom is 0.126 e. The van der Waals surface area contributed by atoms with Crippen LogP contribution in [0.1, 0.15) is 22.9 Å². The van der Waals surface area contributed by atoms with E-state index in [0.717, 1.165) is 5.56 Å². The number of nitrogens with one attached hydrogen (secondary N) is 1. The van der Waals surface area contributed by atoms with Crippen LogP contribution in [0.15, 0.2) is 36.8 Å². The van der Waals surface area contributed by atoms with E-state index in [1.807, 2.05) is 0 Å². The zero-order valence-electron chi connectivity index (χ0n) is 9.39. The number of aryl methyl sites for hydroxylation is 1. The number of hydrogen-bond donors (Lipinski definition) is 2. The quantitative estimate of drug-likeness (QED) is 0.621. The van der Waals surface area contributed by atoms with Crippen LogP contribution in [0.5, 0.6) is 0 Å². The predicted octanol–water partition coefficient (Wildman–Crippen LogP) is 1.48. The number of aromatic nitrogens is 2. The van der Waals surface area contributed by atoms with Gasteiger partial charge in [-0.2, -0.15) is 0 Å². The van der Waals surface area contributed by atoms with E-state index in [9.17, 15) is 4.39 Å². The minimum Gasteiger partial charge on any atom is -0.271 e. The molecule has 0 aliphatic carbocycles. The van der Waals surface area contributed by atoms with Gasteiger partial charge in [-0.05, 0) is 24.1 Å². The monoisotopic (exact) mass is 232 g/mol. The molecule has 0 fully saturated rings. The van der Waals surface area contributed by atoms with E-state index in [-0.39, 0.29) is 11.9 Å². The molecular weight excluding hydrogens is 219 g/mol. The van der Waals surface area contributed by atoms with Crippen molar-refractivity contribution in [2.45, 2.75) is 13.0 Å². The van der Waals surface area contributed by atoms with Crippen LogP contribution in [0.3, 0.4) is 0 Å². The van der Waals surface area contributed by atoms with E-state index in [4.69, 9.17) is 5.84 Å². The van der Waals surface area contributed by atoms with Crippen LogP contribution in [0, 0.1) is 12.7 Å². The molecule has 0 amide bonds. The standard InChI is InChI=1S/C12H13FN4/c1-8-6-9(2-3-10(8)13)12(17-14)11-7-15-4-5-16-11/h2-7,12,17H,14H2,1H3. The van der Waals surface area contributed by atoms with Gasteiger partial charge in [0, 0.05) is 12.4 Å². The van der Waals surface area contributed by atoms with Crippen LogP contribution in [0.4, 0.5) is 4.39 Å². The molecular formula is C12H13FN4. The first-order chi connectivity index (χ1) is 8.22. The fourth-order valence-corrected chi connectivity index (χ4v) is 1.66. The summed E-state index contributed by atoms with van der Waals surface area (Å²) in [7, 11) is 0. The summed E-state index contributed by atoms with van der Waals surface area (Å²) in [6.45, 7) is 1.71. The Morgan fingerprint density at radius 3 is 2.76 bits per heavy atom. The van der Waals surface area contributed by atoms with Gasteiger partial charge in [0.05, 0.1) is 17.9 Å². The molecule has 17 heavy (non-hydrogen) atoms. The first kappa shape index (κ1) is 11.6. The normalized spacial score (nSPS) is 12.4. The van der Waals surface area contributed by atoms with Crippen molar-refractivity contribution in [3.63, 3.8) is 0 Å². The van der Waals surface area contributed by atoms with E-state index in [1.165, 1.54) is 6.07 Å². The van der Waals surface area contributed by atoms with Crippen molar-refractivity contribution in [1.29, 1.82) is 0 Å². The molecule has 3 N–H and O–H groups in total. The summed E-state index contributed by atoms with van der Waals surface area (Å²) in [5, 5.41) is 0. The summed E-state index contributed by atoms with van der Waals surface area (Å²) < 4.78 is 13.2. The van der Waals surface area contributed by atoms with Crippen LogP contribution in [-0.4, -0.2) is 9.97 Å². The number of hydrogen-bond acceptors (Lipinski definition) is 4. The molecule has 0 saturated heterocycles. The van der Waals surface area contributed by atoms with Gasteiger partial charge < -0.3 is 0 Å². The fraction of sp³-hybridized carbons (Fsp3) is 0.167. The minimum atomic E-state index is -0.289. The number of benzene rings is 1. The van der Waals surface area contributed by atoms with Crippen LogP contribution < -0.4 is 11.3 Å². The Labute approximate surface area is 98.7 Å². The summed E-state index contributed by atoms with van der Waals surface area (Å²) >= 11 is 0. The van der Waals surface area contributed by atoms with Crippen LogP contribution >= 0.6 is 0 Å². The molecule has 4 nitrogen and oxygen atoms in total. The van der Waals surface area contributed by atoms with Crippen molar-refractivity contribution in [3.8, 4) is 0 Å². The number of rotatable bonds is 3. The largest absolute Gasteiger partial charge is 0.271 e. The molecule has 2 aromatic rings. The Morgan fingerprint density at radius 1 is 1.35 bits per heavy atom. The molecule has 0 spiro atoms. The predicted molar refractivity (Wildman–Crippen MR) is 62.3 cm³/mol. The fourth-order valence-electron chi connectivity index (χ4n) is 1.66. The lowest BCUT2D eigenvalue weighted by Gasteiger charge is -2.15. The van der Waals surface area contributed by atoms with Crippen LogP contribution in [-0.2, 0) is 0 Å². The van der Waals surface area contributed by atoms with Crippen molar-refractivity contribution in [1.82, 2.24) is 15.4 Å². The van der Waals surface area contributed by atoms with Crippen molar-refractivity contribution in [3.05, 3.63) is 59.4 Å². The molecule has 1 aromatic heterocycles. The number of halogens is 1. The summed E-state index contributed by atoms with van der Waals surface area (Å²) in [4.78, 5) is 8.17. The maximum absolute atomic E-state index is 13.2. The van der Waals surface area contributed by atoms with Gasteiger partial charge >= 0.3 is 0 Å². The molecule has 0 aliphatic rings. The molecule has 1 heterocycles. The number of hydrazine groups is 1. The number of nitrogens with two attached hydrogens (primary N) is 1. The maximum atomic E-state index is 13.2. The molecule has 1 unspecified atom stereocenters. The van der Waals surface area contributed by atoms with Gasteiger partial charge in [0.1, 0.15) is 5.82 Å². The van der Waals surface area contributed by atoms with E-state index < -0.39 is 0 Å². The van der Waals surface area contributed by atoms with Crippen molar-refractivity contribution in [2.75, 3.05) is 0 Å². The molecule has 5 heteroatoms. The van der Waals surface area contributed by atoms with Gasteiger partial charge in [-0.25, -0.2) is 9.82 Å². The van der Waals surface area contributed by atoms with Gasteiger partial charge in [0.15, 0.2) is 0 Å². The molecule has 0 bridgehead atoms. The van der Waals surface area contributed by atoms with Gasteiger partial charge in [0.2, 0.25) is 0 Å². The Balaban J connectivity index is 2.39. The lowest BCUT2D eigenvalue weighted by molar-refractivity contribution is 0.600. The molecule has 2 rings (SSSR count). The van der Waals surface area contributed by atoms with Gasteiger partial charge in [-0.15, -0.1) is 0 Å². The van der Waals surface area contributed by atoms with Crippen LogP contribution in [0.2, 0.25) is 0 Å². The molecule has 0 aliphatic heterocycles. The summed E-state index contributed by atoms with van der Waals surface area (Å²) in [6, 6.07) is 4.56. The lowest BCUT2D eigenvalue weighted by atomic mass is 10.0. The third-order valence-electron chi connectivity index (χ3n) is 2.56. The molecule has 0 radical (unpaired) electrons. The smallest absolute Gasteiger partial charge is 0.126 e. The molecule has 1 aromatic carbocycles. The Morgan fingerprint density at radius 2 is 2.18 bits per heavy atom. The second-order valence-corrected chi connectivity index (χ2v) is 3.74. The zero-order valence-corrected chi connectivity index (χ0v) is 9.39. The summed E-state index contributed by atoms with van der Waals surface area (Å²) in [6.07, 6.45) is 4.81. The van der Waals surface area contributed by atoms with Crippen molar-refractivity contribution in [2.24, 2.45) is 5.84 Å². The second-order valence-electron chi connectivity index (χ2n) is 3.74. The average molecular weight is 232 g/mol. The first-order valence-corrected chi connectivity index (χ1v) is 5.20. The average Bonchev–Trinajstić information content (AvgIpc) is 2.36. The van der Waals surface area contributed by atoms with Gasteiger partial charge in [0.25, 0.3) is 0 Å². The minimum absolute atomic E-state index is 0.233. The van der Waals surface area contributed by atoms with Crippen molar-refractivity contribution < 1.29 is 4.39 Å².